The van der Waals surface area contributed by atoms with Crippen LogP contribution in [0.2, 0.25) is 5.02 Å². The number of aryl methyl sites for hydroxylation is 1. The van der Waals surface area contributed by atoms with E-state index in [1.165, 1.54) is 24.3 Å². The van der Waals surface area contributed by atoms with E-state index < -0.39 is 22.3 Å². The van der Waals surface area contributed by atoms with Crippen LogP contribution in [0.5, 0.6) is 0 Å². The van der Waals surface area contributed by atoms with E-state index in [2.05, 4.69) is 15.9 Å². The van der Waals surface area contributed by atoms with E-state index in [4.69, 9.17) is 11.6 Å². The Bertz CT molecular complexity index is 623. The second-order valence-electron chi connectivity index (χ2n) is 4.46. The summed E-state index contributed by atoms with van der Waals surface area (Å²) >= 11 is 9.15. The van der Waals surface area contributed by atoms with Gasteiger partial charge < -0.3 is 0 Å². The second-order valence-corrected chi connectivity index (χ2v) is 5.98. The van der Waals surface area contributed by atoms with Crippen molar-refractivity contribution < 1.29 is 13.2 Å². The summed E-state index contributed by atoms with van der Waals surface area (Å²) in [7, 11) is 0. The fourth-order valence-corrected chi connectivity index (χ4v) is 2.96. The number of hydrogen-bond acceptors (Lipinski definition) is 0. The zero-order valence-corrected chi connectivity index (χ0v) is 12.9. The molecule has 0 aliphatic rings. The van der Waals surface area contributed by atoms with Crippen molar-refractivity contribution in [3.05, 3.63) is 69.5 Å². The van der Waals surface area contributed by atoms with E-state index in [1.807, 2.05) is 0 Å². The van der Waals surface area contributed by atoms with Crippen LogP contribution < -0.4 is 0 Å². The average Bonchev–Trinajstić information content (AvgIpc) is 2.39. The van der Waals surface area contributed by atoms with Crippen LogP contribution in [0.25, 0.3) is 0 Å². The Balaban J connectivity index is 2.38. The average molecular weight is 364 g/mol. The summed E-state index contributed by atoms with van der Waals surface area (Å²) in [6.07, 6.45) is 0.0583. The van der Waals surface area contributed by atoms with E-state index in [0.717, 1.165) is 0 Å². The predicted octanol–water partition coefficient (Wildman–Crippen LogP) is 5.74. The van der Waals surface area contributed by atoms with Crippen molar-refractivity contribution in [3.8, 4) is 0 Å². The van der Waals surface area contributed by atoms with Gasteiger partial charge in [0.05, 0.1) is 0 Å². The molecule has 0 saturated carbocycles. The molecule has 20 heavy (non-hydrogen) atoms. The van der Waals surface area contributed by atoms with Gasteiger partial charge in [-0.2, -0.15) is 0 Å². The maximum atomic E-state index is 14.0. The largest absolute Gasteiger partial charge is 0.207 e. The molecule has 0 saturated heterocycles. The molecule has 1 unspecified atom stereocenters. The van der Waals surface area contributed by atoms with Gasteiger partial charge in [0, 0.05) is 21.0 Å². The van der Waals surface area contributed by atoms with Gasteiger partial charge in [-0.1, -0.05) is 39.7 Å². The third-order valence-electron chi connectivity index (χ3n) is 3.08. The maximum Gasteiger partial charge on any atom is 0.133 e. The minimum absolute atomic E-state index is 0.0583. The number of rotatable bonds is 3. The quantitative estimate of drug-likeness (QED) is 0.610. The zero-order valence-electron chi connectivity index (χ0n) is 10.6. The van der Waals surface area contributed by atoms with Gasteiger partial charge in [-0.05, 0) is 37.1 Å². The molecule has 5 heteroatoms. The van der Waals surface area contributed by atoms with Crippen molar-refractivity contribution in [3.63, 3.8) is 0 Å². The van der Waals surface area contributed by atoms with E-state index in [1.54, 1.807) is 13.0 Å². The fraction of sp³-hybridized carbons (Fsp3) is 0.200. The third-order valence-corrected chi connectivity index (χ3v) is 4.21. The summed E-state index contributed by atoms with van der Waals surface area (Å²) in [6.45, 7) is 1.55. The zero-order chi connectivity index (χ0) is 14.9. The molecule has 2 aromatic rings. The lowest BCUT2D eigenvalue weighted by Crippen LogP contribution is -2.05. The van der Waals surface area contributed by atoms with Crippen LogP contribution in [0.15, 0.2) is 30.3 Å². The van der Waals surface area contributed by atoms with Gasteiger partial charge in [-0.15, -0.1) is 0 Å². The Kier molecular flexibility index (Phi) is 4.76. The first-order valence-electron chi connectivity index (χ1n) is 5.93. The van der Waals surface area contributed by atoms with Crippen molar-refractivity contribution in [2.45, 2.75) is 18.2 Å². The van der Waals surface area contributed by atoms with Crippen molar-refractivity contribution in [1.82, 2.24) is 0 Å². The highest BCUT2D eigenvalue weighted by molar-refractivity contribution is 9.09. The van der Waals surface area contributed by atoms with Crippen LogP contribution in [0.4, 0.5) is 13.2 Å². The number of alkyl halides is 1. The van der Waals surface area contributed by atoms with Crippen molar-refractivity contribution in [1.29, 1.82) is 0 Å². The molecule has 0 fully saturated rings. The Morgan fingerprint density at radius 1 is 1.10 bits per heavy atom. The van der Waals surface area contributed by atoms with Gasteiger partial charge in [0.25, 0.3) is 0 Å². The van der Waals surface area contributed by atoms with E-state index in [-0.39, 0.29) is 22.6 Å². The normalized spacial score (nSPS) is 12.5. The maximum absolute atomic E-state index is 14.0. The second kappa shape index (κ2) is 6.19. The summed E-state index contributed by atoms with van der Waals surface area (Å²) in [4.78, 5) is -0.697. The molecule has 106 valence electrons. The molecule has 1 atom stereocenters. The van der Waals surface area contributed by atoms with E-state index in [0.29, 0.717) is 5.56 Å². The van der Waals surface area contributed by atoms with Crippen LogP contribution in [0.3, 0.4) is 0 Å². The molecule has 2 rings (SSSR count). The number of halogens is 5. The lowest BCUT2D eigenvalue weighted by Gasteiger charge is -2.15. The highest BCUT2D eigenvalue weighted by Crippen LogP contribution is 2.34. The minimum atomic E-state index is -0.697. The summed E-state index contributed by atoms with van der Waals surface area (Å²) in [5, 5.41) is 0.239. The van der Waals surface area contributed by atoms with Crippen LogP contribution in [0.1, 0.15) is 21.5 Å². The fourth-order valence-electron chi connectivity index (χ4n) is 1.97. The lowest BCUT2D eigenvalue weighted by atomic mass is 10.0. The molecule has 0 spiro atoms. The Morgan fingerprint density at radius 2 is 1.80 bits per heavy atom. The molecule has 0 aliphatic heterocycles. The van der Waals surface area contributed by atoms with Crippen LogP contribution in [0, 0.1) is 24.4 Å². The molecule has 0 aliphatic carbocycles. The molecule has 2 aromatic carbocycles. The minimum Gasteiger partial charge on any atom is -0.207 e. The highest BCUT2D eigenvalue weighted by atomic mass is 79.9. The number of benzene rings is 2. The van der Waals surface area contributed by atoms with Crippen molar-refractivity contribution in [2.24, 2.45) is 0 Å². The third kappa shape index (κ3) is 3.01. The topological polar surface area (TPSA) is 0 Å². The predicted molar refractivity (Wildman–Crippen MR) is 77.9 cm³/mol. The van der Waals surface area contributed by atoms with Gasteiger partial charge in [0.1, 0.15) is 17.5 Å². The molecule has 0 bridgehead atoms. The van der Waals surface area contributed by atoms with Crippen molar-refractivity contribution in [2.75, 3.05) is 0 Å². The first-order chi connectivity index (χ1) is 9.41. The summed E-state index contributed by atoms with van der Waals surface area (Å²) < 4.78 is 41.5. The highest BCUT2D eigenvalue weighted by Gasteiger charge is 2.21. The summed E-state index contributed by atoms with van der Waals surface area (Å²) in [6, 6.07) is 6.86. The van der Waals surface area contributed by atoms with Gasteiger partial charge in [0.2, 0.25) is 0 Å². The Labute approximate surface area is 128 Å². The van der Waals surface area contributed by atoms with E-state index in [9.17, 15) is 13.2 Å². The SMILES string of the molecule is Cc1ccc(F)c(C(Br)Cc2c(F)cccc2Cl)c1F. The van der Waals surface area contributed by atoms with E-state index >= 15 is 0 Å². The molecule has 0 aromatic heterocycles. The molecule has 0 heterocycles. The lowest BCUT2D eigenvalue weighted by molar-refractivity contribution is 0.544. The smallest absolute Gasteiger partial charge is 0.133 e. The molecule has 0 nitrogen and oxygen atoms in total. The molecular weight excluding hydrogens is 353 g/mol. The molecule has 0 amide bonds. The summed E-state index contributed by atoms with van der Waals surface area (Å²) in [5.74, 6) is -1.78. The van der Waals surface area contributed by atoms with Crippen LogP contribution in [-0.4, -0.2) is 0 Å². The molecule has 0 radical (unpaired) electrons. The van der Waals surface area contributed by atoms with Crippen LogP contribution in [-0.2, 0) is 6.42 Å². The molecule has 0 N–H and O–H groups in total. The first kappa shape index (κ1) is 15.4. The Hall–Kier alpha value is -1.00. The van der Waals surface area contributed by atoms with Gasteiger partial charge in [-0.25, -0.2) is 13.2 Å². The van der Waals surface area contributed by atoms with Crippen LogP contribution >= 0.6 is 27.5 Å². The molecular formula is C15H11BrClF3. The standard InChI is InChI=1S/C15H11BrClF3/c1-8-5-6-13(19)14(15(8)20)10(16)7-9-11(17)3-2-4-12(9)18/h2-6,10H,7H2,1H3. The van der Waals surface area contributed by atoms with Gasteiger partial charge >= 0.3 is 0 Å². The number of hydrogen-bond donors (Lipinski definition) is 0. The summed E-state index contributed by atoms with van der Waals surface area (Å²) in [5.41, 5.74) is 0.464. The van der Waals surface area contributed by atoms with Crippen molar-refractivity contribution >= 4 is 27.5 Å². The van der Waals surface area contributed by atoms with Gasteiger partial charge in [-0.3, -0.25) is 0 Å². The Morgan fingerprint density at radius 3 is 2.45 bits per heavy atom. The monoisotopic (exact) mass is 362 g/mol. The first-order valence-corrected chi connectivity index (χ1v) is 7.22. The van der Waals surface area contributed by atoms with Gasteiger partial charge in [0.15, 0.2) is 0 Å².